The van der Waals surface area contributed by atoms with E-state index in [1.54, 1.807) is 43.3 Å². The minimum Gasteiger partial charge on any atom is -0.389 e. The number of carbonyl (C=O) groups is 2. The molecule has 0 aliphatic rings. The number of thiocarbonyl (C=S) groups is 1. The van der Waals surface area contributed by atoms with Gasteiger partial charge in [0.25, 0.3) is 0 Å². The van der Waals surface area contributed by atoms with Gasteiger partial charge >= 0.3 is 0 Å². The first kappa shape index (κ1) is 16.1. The van der Waals surface area contributed by atoms with E-state index in [-0.39, 0.29) is 24.9 Å². The summed E-state index contributed by atoms with van der Waals surface area (Å²) in [6, 6.07) is 6.94. The van der Waals surface area contributed by atoms with Crippen molar-refractivity contribution < 1.29 is 9.59 Å². The van der Waals surface area contributed by atoms with E-state index < -0.39 is 0 Å². The summed E-state index contributed by atoms with van der Waals surface area (Å²) >= 11 is 4.85. The number of nitrogens with one attached hydrogen (secondary N) is 2. The number of likely N-dealkylation sites (N-methyl/N-ethyl adjacent to an activating group) is 2. The lowest BCUT2D eigenvalue weighted by atomic mass is 10.2. The van der Waals surface area contributed by atoms with Gasteiger partial charge in [0.2, 0.25) is 11.8 Å². The first-order chi connectivity index (χ1) is 9.42. The van der Waals surface area contributed by atoms with Crippen LogP contribution in [0.1, 0.15) is 5.56 Å². The van der Waals surface area contributed by atoms with Gasteiger partial charge in [0.05, 0.1) is 13.1 Å². The van der Waals surface area contributed by atoms with Gasteiger partial charge in [-0.15, -0.1) is 0 Å². The van der Waals surface area contributed by atoms with E-state index in [1.807, 2.05) is 0 Å². The normalized spacial score (nSPS) is 10.2. The predicted octanol–water partition coefficient (Wildman–Crippen LogP) is -0.0629. The number of nitrogens with two attached hydrogens (primary N) is 1. The number of hydrogen-bond acceptors (Lipinski definition) is 4. The molecule has 1 aromatic carbocycles. The van der Waals surface area contributed by atoms with Gasteiger partial charge in [0, 0.05) is 18.3 Å². The van der Waals surface area contributed by atoms with Crippen LogP contribution >= 0.6 is 12.2 Å². The van der Waals surface area contributed by atoms with Gasteiger partial charge in [0.15, 0.2) is 0 Å². The summed E-state index contributed by atoms with van der Waals surface area (Å²) < 4.78 is 0. The van der Waals surface area contributed by atoms with E-state index in [0.29, 0.717) is 10.7 Å². The quantitative estimate of drug-likeness (QED) is 0.640. The Bertz CT molecular complexity index is 502. The van der Waals surface area contributed by atoms with Crippen LogP contribution in [0.3, 0.4) is 0 Å². The molecule has 0 saturated heterocycles. The molecule has 1 rings (SSSR count). The number of carbonyl (C=O) groups excluding carboxylic acids is 2. The zero-order valence-electron chi connectivity index (χ0n) is 11.5. The highest BCUT2D eigenvalue weighted by Gasteiger charge is 2.09. The van der Waals surface area contributed by atoms with Crippen LogP contribution in [0.25, 0.3) is 0 Å². The topological polar surface area (TPSA) is 87.5 Å². The van der Waals surface area contributed by atoms with Crippen molar-refractivity contribution in [2.24, 2.45) is 5.73 Å². The first-order valence-corrected chi connectivity index (χ1v) is 6.42. The van der Waals surface area contributed by atoms with Crippen molar-refractivity contribution in [2.75, 3.05) is 32.5 Å². The third-order valence-corrected chi connectivity index (χ3v) is 2.79. The van der Waals surface area contributed by atoms with Gasteiger partial charge < -0.3 is 16.4 Å². The second-order valence-corrected chi connectivity index (χ2v) is 4.78. The van der Waals surface area contributed by atoms with Crippen molar-refractivity contribution in [3.63, 3.8) is 0 Å². The molecular formula is C13H18N4O2S. The number of anilines is 1. The zero-order valence-corrected chi connectivity index (χ0v) is 12.3. The summed E-state index contributed by atoms with van der Waals surface area (Å²) in [6.07, 6.45) is 0. The fourth-order valence-corrected chi connectivity index (χ4v) is 1.68. The Morgan fingerprint density at radius 1 is 1.20 bits per heavy atom. The number of amides is 2. The zero-order chi connectivity index (χ0) is 15.1. The van der Waals surface area contributed by atoms with Crippen molar-refractivity contribution in [1.82, 2.24) is 10.2 Å². The van der Waals surface area contributed by atoms with Gasteiger partial charge in [-0.2, -0.15) is 0 Å². The van der Waals surface area contributed by atoms with E-state index in [2.05, 4.69) is 10.6 Å². The molecule has 20 heavy (non-hydrogen) atoms. The largest absolute Gasteiger partial charge is 0.389 e. The molecule has 0 saturated carbocycles. The number of rotatable bonds is 6. The monoisotopic (exact) mass is 294 g/mol. The molecule has 6 nitrogen and oxygen atoms in total. The summed E-state index contributed by atoms with van der Waals surface area (Å²) in [5, 5.41) is 5.23. The van der Waals surface area contributed by atoms with Crippen LogP contribution < -0.4 is 16.4 Å². The number of nitrogens with zero attached hydrogens (tertiary/aromatic N) is 1. The lowest BCUT2D eigenvalue weighted by Crippen LogP contribution is -2.37. The van der Waals surface area contributed by atoms with Crippen molar-refractivity contribution >= 4 is 34.7 Å². The van der Waals surface area contributed by atoms with Gasteiger partial charge in [-0.3, -0.25) is 14.5 Å². The fraction of sp³-hybridized carbons (Fsp3) is 0.308. The minimum atomic E-state index is -0.195. The van der Waals surface area contributed by atoms with Gasteiger partial charge in [0.1, 0.15) is 4.99 Å². The smallest absolute Gasteiger partial charge is 0.238 e. The molecule has 0 aliphatic heterocycles. The Kier molecular flexibility index (Phi) is 6.08. The summed E-state index contributed by atoms with van der Waals surface area (Å²) in [6.45, 7) is 0.300. The van der Waals surface area contributed by atoms with Crippen LogP contribution in [0.2, 0.25) is 0 Å². The highest BCUT2D eigenvalue weighted by atomic mass is 32.1. The van der Waals surface area contributed by atoms with Crippen LogP contribution in [-0.2, 0) is 9.59 Å². The molecule has 7 heteroatoms. The average molecular weight is 294 g/mol. The van der Waals surface area contributed by atoms with Gasteiger partial charge in [-0.1, -0.05) is 12.2 Å². The minimum absolute atomic E-state index is 0.129. The Labute approximate surface area is 123 Å². The van der Waals surface area contributed by atoms with Crippen LogP contribution in [0.4, 0.5) is 5.69 Å². The second-order valence-electron chi connectivity index (χ2n) is 4.34. The van der Waals surface area contributed by atoms with Crippen molar-refractivity contribution in [3.8, 4) is 0 Å². The lowest BCUT2D eigenvalue weighted by Gasteiger charge is -2.15. The molecule has 0 fully saturated rings. The fourth-order valence-electron chi connectivity index (χ4n) is 1.54. The lowest BCUT2D eigenvalue weighted by molar-refractivity contribution is -0.122. The highest BCUT2D eigenvalue weighted by Crippen LogP contribution is 2.09. The molecule has 1 aromatic rings. The van der Waals surface area contributed by atoms with Gasteiger partial charge in [-0.25, -0.2) is 0 Å². The highest BCUT2D eigenvalue weighted by molar-refractivity contribution is 7.80. The van der Waals surface area contributed by atoms with Crippen LogP contribution in [0.15, 0.2) is 24.3 Å². The molecule has 0 atom stereocenters. The first-order valence-electron chi connectivity index (χ1n) is 6.01. The Balaban J connectivity index is 2.49. The third-order valence-electron chi connectivity index (χ3n) is 2.56. The summed E-state index contributed by atoms with van der Waals surface area (Å²) in [7, 11) is 3.25. The Morgan fingerprint density at radius 2 is 1.75 bits per heavy atom. The average Bonchev–Trinajstić information content (AvgIpc) is 2.38. The van der Waals surface area contributed by atoms with Crippen molar-refractivity contribution in [3.05, 3.63) is 29.8 Å². The number of benzene rings is 1. The summed E-state index contributed by atoms with van der Waals surface area (Å²) in [4.78, 5) is 24.9. The molecule has 0 unspecified atom stereocenters. The molecule has 0 bridgehead atoms. The molecule has 2 amide bonds. The Hall–Kier alpha value is -1.99. The molecule has 0 aliphatic carbocycles. The molecule has 0 radical (unpaired) electrons. The van der Waals surface area contributed by atoms with Crippen LogP contribution in [-0.4, -0.2) is 48.9 Å². The molecule has 0 spiro atoms. The SMILES string of the molecule is CNC(=O)CN(C)CC(=O)Nc1ccc(C(N)=S)cc1. The molecule has 108 valence electrons. The van der Waals surface area contributed by atoms with E-state index >= 15 is 0 Å². The van der Waals surface area contributed by atoms with Crippen LogP contribution in [0, 0.1) is 0 Å². The predicted molar refractivity (Wildman–Crippen MR) is 82.5 cm³/mol. The maximum Gasteiger partial charge on any atom is 0.238 e. The second kappa shape index (κ2) is 7.56. The molecule has 0 heterocycles. The van der Waals surface area contributed by atoms with Crippen molar-refractivity contribution in [2.45, 2.75) is 0 Å². The van der Waals surface area contributed by atoms with E-state index in [9.17, 15) is 9.59 Å². The molecular weight excluding hydrogens is 276 g/mol. The van der Waals surface area contributed by atoms with E-state index in [1.165, 1.54) is 0 Å². The third kappa shape index (κ3) is 5.33. The molecule has 4 N–H and O–H groups in total. The standard InChI is InChI=1S/C13H18N4O2S/c1-15-11(18)7-17(2)8-12(19)16-10-5-3-9(4-6-10)13(14)20/h3-6H,7-8H2,1-2H3,(H2,14,20)(H,15,18)(H,16,19). The van der Waals surface area contributed by atoms with E-state index in [0.717, 1.165) is 5.56 Å². The maximum absolute atomic E-state index is 11.8. The maximum atomic E-state index is 11.8. The molecule has 0 aromatic heterocycles. The van der Waals surface area contributed by atoms with Gasteiger partial charge in [-0.05, 0) is 31.3 Å². The van der Waals surface area contributed by atoms with Crippen molar-refractivity contribution in [1.29, 1.82) is 0 Å². The summed E-state index contributed by atoms with van der Waals surface area (Å²) in [5.41, 5.74) is 6.89. The van der Waals surface area contributed by atoms with E-state index in [4.69, 9.17) is 18.0 Å². The van der Waals surface area contributed by atoms with Crippen LogP contribution in [0.5, 0.6) is 0 Å². The number of hydrogen-bond donors (Lipinski definition) is 3. The summed E-state index contributed by atoms with van der Waals surface area (Å²) in [5.74, 6) is -0.333. The Morgan fingerprint density at radius 3 is 2.25 bits per heavy atom.